The van der Waals surface area contributed by atoms with E-state index in [0.717, 1.165) is 12.1 Å². The van der Waals surface area contributed by atoms with Gasteiger partial charge in [-0.05, 0) is 54.1 Å². The molecule has 0 aliphatic heterocycles. The molecule has 162 valence electrons. The van der Waals surface area contributed by atoms with E-state index in [2.05, 4.69) is 15.6 Å². The topological polar surface area (TPSA) is 54.0 Å². The Balaban J connectivity index is 1.64. The summed E-state index contributed by atoms with van der Waals surface area (Å²) in [6, 6.07) is 12.0. The maximum absolute atomic E-state index is 12.6. The van der Waals surface area contributed by atoms with E-state index >= 15 is 0 Å². The van der Waals surface area contributed by atoms with Gasteiger partial charge in [0.05, 0.1) is 11.1 Å². The quantitative estimate of drug-likeness (QED) is 0.386. The molecular formula is C21H15F6N3O. The number of carbonyl (C=O) groups excluding carboxylic acids is 1. The van der Waals surface area contributed by atoms with Crippen LogP contribution in [0.15, 0.2) is 60.7 Å². The van der Waals surface area contributed by atoms with Gasteiger partial charge >= 0.3 is 12.4 Å². The van der Waals surface area contributed by atoms with E-state index in [9.17, 15) is 31.1 Å². The van der Waals surface area contributed by atoms with Crippen molar-refractivity contribution in [3.8, 4) is 0 Å². The van der Waals surface area contributed by atoms with Gasteiger partial charge in [0.1, 0.15) is 12.4 Å². The summed E-state index contributed by atoms with van der Waals surface area (Å²) in [7, 11) is 0. The van der Waals surface area contributed by atoms with Crippen LogP contribution < -0.4 is 10.6 Å². The molecule has 1 amide bonds. The second kappa shape index (κ2) is 8.66. The van der Waals surface area contributed by atoms with Gasteiger partial charge < -0.3 is 10.6 Å². The maximum atomic E-state index is 12.6. The van der Waals surface area contributed by atoms with Crippen molar-refractivity contribution in [1.82, 2.24) is 4.98 Å². The second-order valence-corrected chi connectivity index (χ2v) is 6.52. The lowest BCUT2D eigenvalue weighted by Gasteiger charge is -2.10. The molecule has 0 unspecified atom stereocenters. The number of anilines is 2. The lowest BCUT2D eigenvalue weighted by atomic mass is 10.1. The first-order valence-corrected chi connectivity index (χ1v) is 8.87. The van der Waals surface area contributed by atoms with Gasteiger partial charge in [-0.15, -0.1) is 0 Å². The Bertz CT molecular complexity index is 1100. The number of benzene rings is 2. The van der Waals surface area contributed by atoms with E-state index in [4.69, 9.17) is 0 Å². The van der Waals surface area contributed by atoms with Crippen molar-refractivity contribution >= 4 is 34.4 Å². The minimum absolute atomic E-state index is 0.0704. The number of alkyl halides is 6. The predicted molar refractivity (Wildman–Crippen MR) is 105 cm³/mol. The number of halogens is 6. The van der Waals surface area contributed by atoms with Crippen LogP contribution in [0, 0.1) is 0 Å². The highest BCUT2D eigenvalue weighted by atomic mass is 19.4. The normalized spacial score (nSPS) is 12.3. The number of nitrogens with zero attached hydrogens (tertiary/aromatic N) is 1. The van der Waals surface area contributed by atoms with Crippen LogP contribution in [0.3, 0.4) is 0 Å². The van der Waals surface area contributed by atoms with Crippen LogP contribution in [-0.4, -0.2) is 23.6 Å². The van der Waals surface area contributed by atoms with Gasteiger partial charge in [0.15, 0.2) is 0 Å². The SMILES string of the molecule is O=C(/C=C/c1ccc(C(F)(F)F)cc1)Nc1ccc2nc(NCC(F)(F)F)ccc2c1. The van der Waals surface area contributed by atoms with Gasteiger partial charge in [-0.3, -0.25) is 4.79 Å². The summed E-state index contributed by atoms with van der Waals surface area (Å²) < 4.78 is 74.5. The average Bonchev–Trinajstić information content (AvgIpc) is 2.70. The summed E-state index contributed by atoms with van der Waals surface area (Å²) in [6.07, 6.45) is -6.25. The Morgan fingerprint density at radius 2 is 1.65 bits per heavy atom. The molecule has 0 aliphatic rings. The molecule has 2 aromatic carbocycles. The van der Waals surface area contributed by atoms with Crippen molar-refractivity contribution < 1.29 is 31.1 Å². The largest absolute Gasteiger partial charge is 0.416 e. The Labute approximate surface area is 172 Å². The van der Waals surface area contributed by atoms with Crippen molar-refractivity contribution in [3.63, 3.8) is 0 Å². The lowest BCUT2D eigenvalue weighted by molar-refractivity contribution is -0.137. The number of hydrogen-bond donors (Lipinski definition) is 2. The first-order valence-electron chi connectivity index (χ1n) is 8.87. The minimum atomic E-state index is -4.43. The molecule has 1 aromatic heterocycles. The fourth-order valence-corrected chi connectivity index (χ4v) is 2.63. The Hall–Kier alpha value is -3.56. The second-order valence-electron chi connectivity index (χ2n) is 6.52. The van der Waals surface area contributed by atoms with Gasteiger partial charge in [0, 0.05) is 17.1 Å². The summed E-state index contributed by atoms with van der Waals surface area (Å²) in [4.78, 5) is 16.2. The molecule has 2 N–H and O–H groups in total. The molecule has 0 saturated carbocycles. The third-order valence-corrected chi connectivity index (χ3v) is 4.09. The molecule has 0 saturated heterocycles. The fourth-order valence-electron chi connectivity index (χ4n) is 2.63. The van der Waals surface area contributed by atoms with Gasteiger partial charge in [-0.2, -0.15) is 26.3 Å². The third-order valence-electron chi connectivity index (χ3n) is 4.09. The summed E-state index contributed by atoms with van der Waals surface area (Å²) in [6.45, 7) is -1.20. The number of carbonyl (C=O) groups is 1. The van der Waals surface area contributed by atoms with E-state index in [1.54, 1.807) is 18.2 Å². The number of pyridine rings is 1. The van der Waals surface area contributed by atoms with E-state index in [1.807, 2.05) is 0 Å². The predicted octanol–water partition coefficient (Wildman–Crippen LogP) is 5.88. The van der Waals surface area contributed by atoms with Gasteiger partial charge in [-0.1, -0.05) is 12.1 Å². The monoisotopic (exact) mass is 439 g/mol. The number of aromatic nitrogens is 1. The minimum Gasteiger partial charge on any atom is -0.361 e. The maximum Gasteiger partial charge on any atom is 0.416 e. The number of nitrogens with one attached hydrogen (secondary N) is 2. The summed E-state index contributed by atoms with van der Waals surface area (Å²) in [5.41, 5.74) is 0.498. The highest BCUT2D eigenvalue weighted by Gasteiger charge is 2.29. The van der Waals surface area contributed by atoms with Crippen LogP contribution in [0.2, 0.25) is 0 Å². The van der Waals surface area contributed by atoms with E-state index in [1.165, 1.54) is 36.4 Å². The third kappa shape index (κ3) is 6.46. The number of rotatable bonds is 5. The van der Waals surface area contributed by atoms with Crippen LogP contribution >= 0.6 is 0 Å². The zero-order chi connectivity index (χ0) is 22.6. The van der Waals surface area contributed by atoms with E-state index in [0.29, 0.717) is 22.2 Å². The molecular weight excluding hydrogens is 424 g/mol. The number of amides is 1. The van der Waals surface area contributed by atoms with Crippen LogP contribution in [0.5, 0.6) is 0 Å². The fraction of sp³-hybridized carbons (Fsp3) is 0.143. The summed E-state index contributed by atoms with van der Waals surface area (Å²) in [5, 5.41) is 5.39. The number of hydrogen-bond acceptors (Lipinski definition) is 3. The smallest absolute Gasteiger partial charge is 0.361 e. The van der Waals surface area contributed by atoms with E-state index < -0.39 is 30.4 Å². The Morgan fingerprint density at radius 3 is 2.29 bits per heavy atom. The summed E-state index contributed by atoms with van der Waals surface area (Å²) >= 11 is 0. The highest BCUT2D eigenvalue weighted by molar-refractivity contribution is 6.03. The lowest BCUT2D eigenvalue weighted by Crippen LogP contribution is -2.21. The van der Waals surface area contributed by atoms with Crippen molar-refractivity contribution in [2.24, 2.45) is 0 Å². The average molecular weight is 439 g/mol. The molecule has 3 rings (SSSR count). The molecule has 0 bridgehead atoms. The van der Waals surface area contributed by atoms with Crippen molar-refractivity contribution in [2.75, 3.05) is 17.2 Å². The van der Waals surface area contributed by atoms with Crippen molar-refractivity contribution in [3.05, 3.63) is 71.8 Å². The Kier molecular flexibility index (Phi) is 6.19. The first-order chi connectivity index (χ1) is 14.5. The van der Waals surface area contributed by atoms with Crippen molar-refractivity contribution in [1.29, 1.82) is 0 Å². The molecule has 4 nitrogen and oxygen atoms in total. The van der Waals surface area contributed by atoms with Crippen LogP contribution in [0.25, 0.3) is 17.0 Å². The van der Waals surface area contributed by atoms with E-state index in [-0.39, 0.29) is 5.82 Å². The van der Waals surface area contributed by atoms with Crippen molar-refractivity contribution in [2.45, 2.75) is 12.4 Å². The van der Waals surface area contributed by atoms with Gasteiger partial charge in [0.2, 0.25) is 5.91 Å². The van der Waals surface area contributed by atoms with Crippen LogP contribution in [0.1, 0.15) is 11.1 Å². The molecule has 0 aliphatic carbocycles. The van der Waals surface area contributed by atoms with Crippen LogP contribution in [-0.2, 0) is 11.0 Å². The van der Waals surface area contributed by atoms with Gasteiger partial charge in [-0.25, -0.2) is 4.98 Å². The molecule has 1 heterocycles. The molecule has 0 fully saturated rings. The standard InChI is InChI=1S/C21H15F6N3O/c22-20(23,24)12-28-18-9-4-14-11-16(7-8-17(14)30-18)29-19(31)10-3-13-1-5-15(6-2-13)21(25,26)27/h1-11H,12H2,(H,28,30)(H,29,31)/b10-3+. The van der Waals surface area contributed by atoms with Gasteiger partial charge in [0.25, 0.3) is 0 Å². The Morgan fingerprint density at radius 1 is 0.935 bits per heavy atom. The zero-order valence-electron chi connectivity index (χ0n) is 15.7. The highest BCUT2D eigenvalue weighted by Crippen LogP contribution is 2.29. The first kappa shape index (κ1) is 22.1. The molecule has 0 spiro atoms. The molecule has 0 atom stereocenters. The van der Waals surface area contributed by atoms with Crippen LogP contribution in [0.4, 0.5) is 37.8 Å². The number of fused-ring (bicyclic) bond motifs is 1. The molecule has 0 radical (unpaired) electrons. The summed E-state index contributed by atoms with van der Waals surface area (Å²) in [5.74, 6) is -0.434. The molecule has 3 aromatic rings. The zero-order valence-corrected chi connectivity index (χ0v) is 15.7. The molecule has 10 heteroatoms. The molecule has 31 heavy (non-hydrogen) atoms.